The molecule has 2 N–H and O–H groups in total. The van der Waals surface area contributed by atoms with Crippen LogP contribution >= 0.6 is 0 Å². The third kappa shape index (κ3) is 4.01. The van der Waals surface area contributed by atoms with Crippen LogP contribution in [0.5, 0.6) is 17.2 Å². The average molecular weight is 364 g/mol. The van der Waals surface area contributed by atoms with Gasteiger partial charge in [0, 0.05) is 17.8 Å². The van der Waals surface area contributed by atoms with E-state index in [0.29, 0.717) is 22.9 Å². The van der Waals surface area contributed by atoms with Crippen LogP contribution in [-0.2, 0) is 14.8 Å². The molecule has 0 aliphatic carbocycles. The van der Waals surface area contributed by atoms with E-state index in [0.717, 1.165) is 0 Å². The van der Waals surface area contributed by atoms with Crippen LogP contribution < -0.4 is 24.2 Å². The summed E-state index contributed by atoms with van der Waals surface area (Å²) in [5, 5.41) is 2.59. The van der Waals surface area contributed by atoms with E-state index in [1.54, 1.807) is 24.3 Å². The second kappa shape index (κ2) is 6.99. The van der Waals surface area contributed by atoms with Gasteiger partial charge in [0.25, 0.3) is 0 Å². The van der Waals surface area contributed by atoms with Crippen molar-refractivity contribution in [3.8, 4) is 17.2 Å². The number of hydrogen-bond donors (Lipinski definition) is 2. The number of anilines is 1. The average Bonchev–Trinajstić information content (AvgIpc) is 3.08. The molecule has 1 amide bonds. The summed E-state index contributed by atoms with van der Waals surface area (Å²) in [6.07, 6.45) is 0. The Kier molecular flexibility index (Phi) is 4.77. The molecule has 1 heterocycles. The van der Waals surface area contributed by atoms with E-state index < -0.39 is 22.5 Å². The first-order chi connectivity index (χ1) is 12.0. The second-order valence-electron chi connectivity index (χ2n) is 5.12. The number of amides is 1. The summed E-state index contributed by atoms with van der Waals surface area (Å²) in [4.78, 5) is 11.9. The zero-order valence-electron chi connectivity index (χ0n) is 13.3. The van der Waals surface area contributed by atoms with Crippen molar-refractivity contribution >= 4 is 21.6 Å². The zero-order chi connectivity index (χ0) is 17.9. The Morgan fingerprint density at radius 3 is 2.76 bits per heavy atom. The molecule has 0 saturated carbocycles. The van der Waals surface area contributed by atoms with Gasteiger partial charge in [0.1, 0.15) is 5.75 Å². The van der Waals surface area contributed by atoms with Gasteiger partial charge in [-0.25, -0.2) is 13.1 Å². The Bertz CT molecular complexity index is 897. The number of carbonyl (C=O) groups excluding carboxylic acids is 1. The largest absolute Gasteiger partial charge is 0.497 e. The minimum Gasteiger partial charge on any atom is -0.497 e. The molecular formula is C16H16N2O6S. The van der Waals surface area contributed by atoms with E-state index in [9.17, 15) is 13.2 Å². The summed E-state index contributed by atoms with van der Waals surface area (Å²) in [7, 11) is -2.34. The van der Waals surface area contributed by atoms with Crippen molar-refractivity contribution < 1.29 is 27.4 Å². The predicted octanol–water partition coefficient (Wildman–Crippen LogP) is 1.34. The Labute approximate surface area is 144 Å². The summed E-state index contributed by atoms with van der Waals surface area (Å²) in [6.45, 7) is -0.358. The molecule has 1 aliphatic heterocycles. The van der Waals surface area contributed by atoms with E-state index in [-0.39, 0.29) is 11.7 Å². The lowest BCUT2D eigenvalue weighted by atomic mass is 10.3. The van der Waals surface area contributed by atoms with E-state index in [1.165, 1.54) is 25.3 Å². The fourth-order valence-corrected chi connectivity index (χ4v) is 3.19. The first kappa shape index (κ1) is 17.1. The van der Waals surface area contributed by atoms with Crippen LogP contribution in [0.2, 0.25) is 0 Å². The Morgan fingerprint density at radius 1 is 1.16 bits per heavy atom. The smallest absolute Gasteiger partial charge is 0.241 e. The van der Waals surface area contributed by atoms with Crippen molar-refractivity contribution in [1.82, 2.24) is 4.72 Å². The van der Waals surface area contributed by atoms with Crippen LogP contribution in [0.1, 0.15) is 0 Å². The third-order valence-corrected chi connectivity index (χ3v) is 4.83. The molecule has 0 saturated heterocycles. The quantitative estimate of drug-likeness (QED) is 0.802. The summed E-state index contributed by atoms with van der Waals surface area (Å²) < 4.78 is 42.2. The van der Waals surface area contributed by atoms with Gasteiger partial charge in [-0.3, -0.25) is 4.79 Å². The van der Waals surface area contributed by atoms with Crippen LogP contribution in [-0.4, -0.2) is 34.8 Å². The lowest BCUT2D eigenvalue weighted by Crippen LogP contribution is -2.32. The monoisotopic (exact) mass is 364 g/mol. The SMILES string of the molecule is COc1cccc(NC(=O)CNS(=O)(=O)c2ccc3c(c2)OCO3)c1. The predicted molar refractivity (Wildman–Crippen MR) is 89.4 cm³/mol. The van der Waals surface area contributed by atoms with Gasteiger partial charge < -0.3 is 19.5 Å². The summed E-state index contributed by atoms with van der Waals surface area (Å²) in [5.41, 5.74) is 0.506. The van der Waals surface area contributed by atoms with E-state index in [2.05, 4.69) is 10.0 Å². The maximum absolute atomic E-state index is 12.3. The zero-order valence-corrected chi connectivity index (χ0v) is 14.1. The molecule has 132 valence electrons. The van der Waals surface area contributed by atoms with Gasteiger partial charge >= 0.3 is 0 Å². The van der Waals surface area contributed by atoms with Crippen LogP contribution in [0, 0.1) is 0 Å². The van der Waals surface area contributed by atoms with Crippen LogP contribution in [0.15, 0.2) is 47.4 Å². The molecule has 0 aromatic heterocycles. The van der Waals surface area contributed by atoms with Crippen molar-refractivity contribution in [1.29, 1.82) is 0 Å². The van der Waals surface area contributed by atoms with E-state index in [4.69, 9.17) is 14.2 Å². The molecule has 0 bridgehead atoms. The van der Waals surface area contributed by atoms with Crippen molar-refractivity contribution in [2.24, 2.45) is 0 Å². The van der Waals surface area contributed by atoms with Crippen LogP contribution in [0.4, 0.5) is 5.69 Å². The fraction of sp³-hybridized carbons (Fsp3) is 0.188. The molecule has 9 heteroatoms. The number of nitrogens with one attached hydrogen (secondary N) is 2. The maximum Gasteiger partial charge on any atom is 0.241 e. The molecule has 0 unspecified atom stereocenters. The molecule has 0 radical (unpaired) electrons. The summed E-state index contributed by atoms with van der Waals surface area (Å²) >= 11 is 0. The van der Waals surface area contributed by atoms with Crippen molar-refractivity contribution in [3.05, 3.63) is 42.5 Å². The number of fused-ring (bicyclic) bond motifs is 1. The fourth-order valence-electron chi connectivity index (χ4n) is 2.19. The number of carbonyl (C=O) groups is 1. The maximum atomic E-state index is 12.3. The number of methoxy groups -OCH3 is 1. The van der Waals surface area contributed by atoms with Gasteiger partial charge in [0.2, 0.25) is 22.7 Å². The highest BCUT2D eigenvalue weighted by Crippen LogP contribution is 2.33. The minimum atomic E-state index is -3.85. The molecule has 1 aliphatic rings. The van der Waals surface area contributed by atoms with E-state index in [1.807, 2.05) is 0 Å². The first-order valence-corrected chi connectivity index (χ1v) is 8.79. The molecule has 8 nitrogen and oxygen atoms in total. The van der Waals surface area contributed by atoms with Gasteiger partial charge in [-0.15, -0.1) is 0 Å². The number of hydrogen-bond acceptors (Lipinski definition) is 6. The summed E-state index contributed by atoms with van der Waals surface area (Å²) in [6, 6.07) is 11.0. The Hall–Kier alpha value is -2.78. The minimum absolute atomic E-state index is 0.00840. The third-order valence-electron chi connectivity index (χ3n) is 3.43. The Morgan fingerprint density at radius 2 is 1.96 bits per heavy atom. The number of benzene rings is 2. The lowest BCUT2D eigenvalue weighted by Gasteiger charge is -2.09. The molecular weight excluding hydrogens is 348 g/mol. The Balaban J connectivity index is 1.62. The van der Waals surface area contributed by atoms with Gasteiger partial charge in [-0.2, -0.15) is 0 Å². The molecule has 2 aromatic carbocycles. The molecule has 0 atom stereocenters. The number of sulfonamides is 1. The van der Waals surface area contributed by atoms with E-state index >= 15 is 0 Å². The standard InChI is InChI=1S/C16H16N2O6S/c1-22-12-4-2-3-11(7-12)18-16(19)9-17-25(20,21)13-5-6-14-15(8-13)24-10-23-14/h2-8,17H,9-10H2,1H3,(H,18,19). The van der Waals surface area contributed by atoms with Gasteiger partial charge in [0.05, 0.1) is 18.6 Å². The highest BCUT2D eigenvalue weighted by Gasteiger charge is 2.20. The second-order valence-corrected chi connectivity index (χ2v) is 6.89. The lowest BCUT2D eigenvalue weighted by molar-refractivity contribution is -0.115. The molecule has 0 spiro atoms. The van der Waals surface area contributed by atoms with Crippen LogP contribution in [0.3, 0.4) is 0 Å². The summed E-state index contributed by atoms with van der Waals surface area (Å²) in [5.74, 6) is 0.912. The highest BCUT2D eigenvalue weighted by molar-refractivity contribution is 7.89. The van der Waals surface area contributed by atoms with Crippen molar-refractivity contribution in [2.45, 2.75) is 4.90 Å². The van der Waals surface area contributed by atoms with Gasteiger partial charge in [0.15, 0.2) is 11.5 Å². The van der Waals surface area contributed by atoms with Gasteiger partial charge in [-0.1, -0.05) is 6.07 Å². The van der Waals surface area contributed by atoms with Gasteiger partial charge in [-0.05, 0) is 24.3 Å². The molecule has 2 aromatic rings. The molecule has 25 heavy (non-hydrogen) atoms. The molecule has 3 rings (SSSR count). The number of rotatable bonds is 6. The topological polar surface area (TPSA) is 103 Å². The number of ether oxygens (including phenoxy) is 3. The molecule has 0 fully saturated rings. The van der Waals surface area contributed by atoms with Crippen molar-refractivity contribution in [3.63, 3.8) is 0 Å². The normalized spacial score (nSPS) is 12.7. The van der Waals surface area contributed by atoms with Crippen LogP contribution in [0.25, 0.3) is 0 Å². The van der Waals surface area contributed by atoms with Crippen molar-refractivity contribution in [2.75, 3.05) is 25.8 Å². The highest BCUT2D eigenvalue weighted by atomic mass is 32.2. The first-order valence-electron chi connectivity index (χ1n) is 7.31.